The van der Waals surface area contributed by atoms with Gasteiger partial charge in [0, 0.05) is 37.1 Å². The molecule has 4 rings (SSSR count). The van der Waals surface area contributed by atoms with Crippen molar-refractivity contribution in [3.8, 4) is 11.3 Å². The van der Waals surface area contributed by atoms with Crippen molar-refractivity contribution in [2.24, 2.45) is 7.05 Å². The van der Waals surface area contributed by atoms with Crippen LogP contribution >= 0.6 is 0 Å². The van der Waals surface area contributed by atoms with Gasteiger partial charge in [-0.15, -0.1) is 0 Å². The molecule has 0 saturated carbocycles. The lowest BCUT2D eigenvalue weighted by Gasteiger charge is -2.35. The Kier molecular flexibility index (Phi) is 4.14. The molecule has 1 amide bonds. The van der Waals surface area contributed by atoms with Crippen LogP contribution in [-0.2, 0) is 7.05 Å². The first-order valence-corrected chi connectivity index (χ1v) is 8.68. The van der Waals surface area contributed by atoms with E-state index < -0.39 is 0 Å². The summed E-state index contributed by atoms with van der Waals surface area (Å²) < 4.78 is 7.47. The molecule has 0 N–H and O–H groups in total. The molecule has 0 bridgehead atoms. The summed E-state index contributed by atoms with van der Waals surface area (Å²) >= 11 is 0. The zero-order valence-electron chi connectivity index (χ0n) is 14.3. The predicted molar refractivity (Wildman–Crippen MR) is 95.0 cm³/mol. The summed E-state index contributed by atoms with van der Waals surface area (Å²) in [6, 6.07) is 15.7. The van der Waals surface area contributed by atoms with Crippen LogP contribution in [0.25, 0.3) is 11.3 Å². The molecule has 0 spiro atoms. The highest BCUT2D eigenvalue weighted by Gasteiger charge is 2.32. The van der Waals surface area contributed by atoms with Crippen LogP contribution in [0.5, 0.6) is 0 Å². The minimum atomic E-state index is -0.0828. The van der Waals surface area contributed by atoms with Gasteiger partial charge >= 0.3 is 0 Å². The van der Waals surface area contributed by atoms with E-state index in [1.165, 1.54) is 0 Å². The normalized spacial score (nSPS) is 17.6. The fourth-order valence-electron chi connectivity index (χ4n) is 3.57. The first-order valence-electron chi connectivity index (χ1n) is 8.68. The molecule has 3 heterocycles. The van der Waals surface area contributed by atoms with E-state index in [0.29, 0.717) is 11.5 Å². The van der Waals surface area contributed by atoms with Crippen LogP contribution in [0.2, 0.25) is 0 Å². The van der Waals surface area contributed by atoms with Crippen molar-refractivity contribution in [2.45, 2.75) is 25.3 Å². The summed E-state index contributed by atoms with van der Waals surface area (Å²) in [4.78, 5) is 15.0. The summed E-state index contributed by atoms with van der Waals surface area (Å²) in [6.45, 7) is 0.746. The molecule has 0 radical (unpaired) electrons. The lowest BCUT2D eigenvalue weighted by Crippen LogP contribution is -2.39. The van der Waals surface area contributed by atoms with E-state index in [2.05, 4.69) is 15.8 Å². The molecule has 5 nitrogen and oxygen atoms in total. The molecule has 1 aliphatic rings. The molecule has 0 aliphatic carbocycles. The van der Waals surface area contributed by atoms with Crippen LogP contribution in [0.3, 0.4) is 0 Å². The molecule has 2 aromatic heterocycles. The molecule has 1 saturated heterocycles. The van der Waals surface area contributed by atoms with E-state index in [-0.39, 0.29) is 11.9 Å². The molecular formula is C20H21N3O2. The molecule has 5 heteroatoms. The number of carbonyl (C=O) groups is 1. The van der Waals surface area contributed by atoms with Gasteiger partial charge in [0.2, 0.25) is 5.76 Å². The van der Waals surface area contributed by atoms with E-state index in [0.717, 1.165) is 37.1 Å². The highest BCUT2D eigenvalue weighted by atomic mass is 16.5. The van der Waals surface area contributed by atoms with E-state index in [1.807, 2.05) is 54.5 Å². The molecule has 1 aliphatic heterocycles. The minimum absolute atomic E-state index is 0.0828. The fourth-order valence-corrected chi connectivity index (χ4v) is 3.57. The molecule has 1 aromatic carbocycles. The quantitative estimate of drug-likeness (QED) is 0.725. The lowest BCUT2D eigenvalue weighted by molar-refractivity contribution is 0.0560. The molecule has 1 unspecified atom stereocenters. The van der Waals surface area contributed by atoms with Crippen molar-refractivity contribution in [3.05, 3.63) is 66.2 Å². The van der Waals surface area contributed by atoms with E-state index in [4.69, 9.17) is 4.52 Å². The Morgan fingerprint density at radius 3 is 2.76 bits per heavy atom. The molecule has 1 fully saturated rings. The van der Waals surface area contributed by atoms with Crippen LogP contribution in [0.15, 0.2) is 59.3 Å². The lowest BCUT2D eigenvalue weighted by atomic mass is 9.98. The van der Waals surface area contributed by atoms with Crippen molar-refractivity contribution in [1.82, 2.24) is 14.6 Å². The Morgan fingerprint density at radius 2 is 2.00 bits per heavy atom. The van der Waals surface area contributed by atoms with Crippen LogP contribution in [-0.4, -0.2) is 27.1 Å². The average molecular weight is 335 g/mol. The average Bonchev–Trinajstić information content (AvgIpc) is 3.31. The SMILES string of the molecule is Cn1cccc1C1CCCCN1C(=O)c1cc(-c2ccccc2)no1. The highest BCUT2D eigenvalue weighted by molar-refractivity contribution is 5.92. The summed E-state index contributed by atoms with van der Waals surface area (Å²) in [5, 5.41) is 4.08. The number of benzene rings is 1. The Labute approximate surface area is 146 Å². The van der Waals surface area contributed by atoms with Gasteiger partial charge in [-0.1, -0.05) is 35.5 Å². The van der Waals surface area contributed by atoms with Gasteiger partial charge in [-0.2, -0.15) is 0 Å². The predicted octanol–water partition coefficient (Wildman–Crippen LogP) is 4.05. The third kappa shape index (κ3) is 2.97. The number of amides is 1. The van der Waals surface area contributed by atoms with Crippen molar-refractivity contribution in [3.63, 3.8) is 0 Å². The first kappa shape index (κ1) is 15.7. The van der Waals surface area contributed by atoms with Gasteiger partial charge in [-0.05, 0) is 31.4 Å². The number of hydrogen-bond acceptors (Lipinski definition) is 3. The minimum Gasteiger partial charge on any atom is -0.353 e. The number of nitrogens with zero attached hydrogens (tertiary/aromatic N) is 3. The number of rotatable bonds is 3. The molecule has 3 aromatic rings. The van der Waals surface area contributed by atoms with Gasteiger partial charge in [0.1, 0.15) is 5.69 Å². The maximum Gasteiger partial charge on any atom is 0.293 e. The number of likely N-dealkylation sites (tertiary alicyclic amines) is 1. The van der Waals surface area contributed by atoms with Crippen molar-refractivity contribution >= 4 is 5.91 Å². The third-order valence-electron chi connectivity index (χ3n) is 4.88. The second kappa shape index (κ2) is 6.59. The molecule has 1 atom stereocenters. The van der Waals surface area contributed by atoms with Gasteiger partial charge in [-0.3, -0.25) is 4.79 Å². The zero-order chi connectivity index (χ0) is 17.2. The molecule has 25 heavy (non-hydrogen) atoms. The van der Waals surface area contributed by atoms with Crippen LogP contribution in [0, 0.1) is 0 Å². The van der Waals surface area contributed by atoms with Crippen molar-refractivity contribution in [2.75, 3.05) is 6.54 Å². The number of hydrogen-bond donors (Lipinski definition) is 0. The fraction of sp³-hybridized carbons (Fsp3) is 0.300. The Hall–Kier alpha value is -2.82. The standard InChI is InChI=1S/C20H21N3O2/c1-22-12-7-11-17(22)18-10-5-6-13-23(18)20(24)19-14-16(21-25-19)15-8-3-2-4-9-15/h2-4,7-9,11-12,14,18H,5-6,10,13H2,1H3. The Morgan fingerprint density at radius 1 is 1.16 bits per heavy atom. The number of aryl methyl sites for hydroxylation is 1. The topological polar surface area (TPSA) is 51.3 Å². The van der Waals surface area contributed by atoms with Gasteiger partial charge in [-0.25, -0.2) is 0 Å². The summed E-state index contributed by atoms with van der Waals surface area (Å²) in [6.07, 6.45) is 5.15. The maximum atomic E-state index is 13.0. The van der Waals surface area contributed by atoms with Gasteiger partial charge in [0.25, 0.3) is 5.91 Å². The van der Waals surface area contributed by atoms with Crippen molar-refractivity contribution in [1.29, 1.82) is 0 Å². The summed E-state index contributed by atoms with van der Waals surface area (Å²) in [5.41, 5.74) is 2.80. The van der Waals surface area contributed by atoms with E-state index in [1.54, 1.807) is 6.07 Å². The zero-order valence-corrected chi connectivity index (χ0v) is 14.3. The van der Waals surface area contributed by atoms with E-state index in [9.17, 15) is 4.79 Å². The van der Waals surface area contributed by atoms with Crippen molar-refractivity contribution < 1.29 is 9.32 Å². The van der Waals surface area contributed by atoms with Gasteiger partial charge in [0.15, 0.2) is 0 Å². The monoisotopic (exact) mass is 335 g/mol. The van der Waals surface area contributed by atoms with Gasteiger partial charge in [0.05, 0.1) is 6.04 Å². The molecular weight excluding hydrogens is 314 g/mol. The number of carbonyl (C=O) groups excluding carboxylic acids is 1. The smallest absolute Gasteiger partial charge is 0.293 e. The highest BCUT2D eigenvalue weighted by Crippen LogP contribution is 2.32. The number of aromatic nitrogens is 2. The van der Waals surface area contributed by atoms with Crippen LogP contribution in [0.4, 0.5) is 0 Å². The maximum absolute atomic E-state index is 13.0. The molecule has 128 valence electrons. The second-order valence-electron chi connectivity index (χ2n) is 6.50. The van der Waals surface area contributed by atoms with Crippen LogP contribution in [0.1, 0.15) is 41.6 Å². The largest absolute Gasteiger partial charge is 0.353 e. The third-order valence-corrected chi connectivity index (χ3v) is 4.88. The summed E-state index contributed by atoms with van der Waals surface area (Å²) in [5.74, 6) is 0.223. The van der Waals surface area contributed by atoms with Gasteiger partial charge < -0.3 is 14.0 Å². The second-order valence-corrected chi connectivity index (χ2v) is 6.50. The first-order chi connectivity index (χ1) is 12.2. The Bertz CT molecular complexity index is 866. The Balaban J connectivity index is 1.61. The van der Waals surface area contributed by atoms with E-state index >= 15 is 0 Å². The summed E-state index contributed by atoms with van der Waals surface area (Å²) in [7, 11) is 2.02. The number of piperidine rings is 1. The van der Waals surface area contributed by atoms with Crippen LogP contribution < -0.4 is 0 Å².